The maximum absolute atomic E-state index is 11.9. The second-order valence-corrected chi connectivity index (χ2v) is 8.07. The highest BCUT2D eigenvalue weighted by Gasteiger charge is 2.32. The summed E-state index contributed by atoms with van der Waals surface area (Å²) in [7, 11) is 0. The lowest BCUT2D eigenvalue weighted by molar-refractivity contribution is -0.151. The van der Waals surface area contributed by atoms with Crippen molar-refractivity contribution in [3.05, 3.63) is 0 Å². The number of carbonyl (C=O) groups is 1. The average molecular weight is 323 g/mol. The summed E-state index contributed by atoms with van der Waals surface area (Å²) in [4.78, 5) is 11.9. The first-order valence-corrected chi connectivity index (χ1v) is 10.4. The highest BCUT2D eigenvalue weighted by molar-refractivity contribution is 5.69. The van der Waals surface area contributed by atoms with Crippen LogP contribution in [-0.2, 0) is 9.53 Å². The molecule has 0 spiro atoms. The van der Waals surface area contributed by atoms with Crippen molar-refractivity contribution in [2.24, 2.45) is 17.8 Å². The molecule has 0 amide bonds. The standard InChI is InChI=1S/C21H38O2/c1-3-5-8-17-12-14-18(15-13-17)19-9-7-10-20(16-19)23-21(22)11-6-4-2/h17-20H,3-16H2,1-2H3. The molecular weight excluding hydrogens is 284 g/mol. The summed E-state index contributed by atoms with van der Waals surface area (Å²) in [5.74, 6) is 2.77. The second kappa shape index (κ2) is 10.4. The Morgan fingerprint density at radius 3 is 2.35 bits per heavy atom. The van der Waals surface area contributed by atoms with Crippen LogP contribution < -0.4 is 0 Å². The maximum Gasteiger partial charge on any atom is 0.306 e. The quantitative estimate of drug-likeness (QED) is 0.492. The predicted octanol–water partition coefficient (Wildman–Crippen LogP) is 6.28. The third-order valence-electron chi connectivity index (χ3n) is 6.22. The topological polar surface area (TPSA) is 26.3 Å². The summed E-state index contributed by atoms with van der Waals surface area (Å²) in [5, 5.41) is 0. The molecule has 0 aliphatic heterocycles. The Morgan fingerprint density at radius 1 is 0.913 bits per heavy atom. The molecule has 0 heterocycles. The SMILES string of the molecule is CCCCC(=O)OC1CCCC(C2CCC(CCCC)CC2)C1. The predicted molar refractivity (Wildman–Crippen MR) is 96.3 cm³/mol. The number of carbonyl (C=O) groups excluding carboxylic acids is 1. The average Bonchev–Trinajstić information content (AvgIpc) is 2.59. The Bertz CT molecular complexity index is 331. The lowest BCUT2D eigenvalue weighted by Gasteiger charge is -2.38. The van der Waals surface area contributed by atoms with E-state index >= 15 is 0 Å². The molecule has 2 aliphatic rings. The molecule has 134 valence electrons. The highest BCUT2D eigenvalue weighted by Crippen LogP contribution is 2.41. The first-order chi connectivity index (χ1) is 11.2. The molecule has 2 rings (SSSR count). The molecule has 0 N–H and O–H groups in total. The van der Waals surface area contributed by atoms with Gasteiger partial charge in [-0.15, -0.1) is 0 Å². The Kier molecular flexibility index (Phi) is 8.47. The van der Waals surface area contributed by atoms with E-state index in [9.17, 15) is 4.79 Å². The molecular formula is C21H38O2. The molecule has 23 heavy (non-hydrogen) atoms. The van der Waals surface area contributed by atoms with E-state index in [-0.39, 0.29) is 12.1 Å². The Hall–Kier alpha value is -0.530. The van der Waals surface area contributed by atoms with Gasteiger partial charge < -0.3 is 4.74 Å². The zero-order valence-corrected chi connectivity index (χ0v) is 15.5. The maximum atomic E-state index is 11.9. The van der Waals surface area contributed by atoms with Gasteiger partial charge in [0.2, 0.25) is 0 Å². The summed E-state index contributed by atoms with van der Waals surface area (Å²) in [6.07, 6.45) is 17.7. The van der Waals surface area contributed by atoms with E-state index in [0.29, 0.717) is 6.42 Å². The van der Waals surface area contributed by atoms with Crippen LogP contribution in [-0.4, -0.2) is 12.1 Å². The van der Waals surface area contributed by atoms with E-state index in [4.69, 9.17) is 4.74 Å². The van der Waals surface area contributed by atoms with Gasteiger partial charge in [-0.3, -0.25) is 4.79 Å². The summed E-state index contributed by atoms with van der Waals surface area (Å²) >= 11 is 0. The third kappa shape index (κ3) is 6.47. The van der Waals surface area contributed by atoms with Crippen LogP contribution >= 0.6 is 0 Å². The minimum atomic E-state index is 0.0424. The molecule has 0 radical (unpaired) electrons. The van der Waals surface area contributed by atoms with Gasteiger partial charge in [0.15, 0.2) is 0 Å². The molecule has 2 heteroatoms. The minimum Gasteiger partial charge on any atom is -0.462 e. The van der Waals surface area contributed by atoms with Crippen molar-refractivity contribution in [2.75, 3.05) is 0 Å². The van der Waals surface area contributed by atoms with Crippen molar-refractivity contribution in [1.82, 2.24) is 0 Å². The van der Waals surface area contributed by atoms with Crippen molar-refractivity contribution in [1.29, 1.82) is 0 Å². The first kappa shape index (κ1) is 18.8. The number of rotatable bonds is 8. The van der Waals surface area contributed by atoms with Crippen LogP contribution in [0, 0.1) is 17.8 Å². The van der Waals surface area contributed by atoms with E-state index in [1.807, 2.05) is 0 Å². The number of unbranched alkanes of at least 4 members (excludes halogenated alkanes) is 2. The van der Waals surface area contributed by atoms with Crippen molar-refractivity contribution in [3.8, 4) is 0 Å². The van der Waals surface area contributed by atoms with Crippen LogP contribution in [0.15, 0.2) is 0 Å². The number of hydrogen-bond acceptors (Lipinski definition) is 2. The van der Waals surface area contributed by atoms with Gasteiger partial charge in [0.1, 0.15) is 6.10 Å². The van der Waals surface area contributed by atoms with Crippen LogP contribution in [0.2, 0.25) is 0 Å². The van der Waals surface area contributed by atoms with Crippen LogP contribution in [0.4, 0.5) is 0 Å². The first-order valence-electron chi connectivity index (χ1n) is 10.4. The van der Waals surface area contributed by atoms with Gasteiger partial charge >= 0.3 is 5.97 Å². The van der Waals surface area contributed by atoms with Gasteiger partial charge in [0, 0.05) is 6.42 Å². The molecule has 0 bridgehead atoms. The van der Waals surface area contributed by atoms with Gasteiger partial charge in [-0.25, -0.2) is 0 Å². The summed E-state index contributed by atoms with van der Waals surface area (Å²) in [6, 6.07) is 0. The summed E-state index contributed by atoms with van der Waals surface area (Å²) in [6.45, 7) is 4.43. The lowest BCUT2D eigenvalue weighted by Crippen LogP contribution is -2.31. The smallest absolute Gasteiger partial charge is 0.306 e. The van der Waals surface area contributed by atoms with Gasteiger partial charge in [-0.2, -0.15) is 0 Å². The molecule has 2 aliphatic carbocycles. The third-order valence-corrected chi connectivity index (χ3v) is 6.22. The summed E-state index contributed by atoms with van der Waals surface area (Å²) < 4.78 is 5.75. The fourth-order valence-corrected chi connectivity index (χ4v) is 4.72. The molecule has 0 aromatic heterocycles. The van der Waals surface area contributed by atoms with Gasteiger partial charge in [-0.05, 0) is 62.7 Å². The Morgan fingerprint density at radius 2 is 1.65 bits per heavy atom. The van der Waals surface area contributed by atoms with Crippen molar-refractivity contribution >= 4 is 5.97 Å². The van der Waals surface area contributed by atoms with Crippen LogP contribution in [0.3, 0.4) is 0 Å². The van der Waals surface area contributed by atoms with Gasteiger partial charge in [0.05, 0.1) is 0 Å². The fourth-order valence-electron chi connectivity index (χ4n) is 4.72. The Balaban J connectivity index is 1.70. The molecule has 0 saturated heterocycles. The molecule has 2 saturated carbocycles. The fraction of sp³-hybridized carbons (Fsp3) is 0.952. The van der Waals surface area contributed by atoms with Crippen LogP contribution in [0.25, 0.3) is 0 Å². The second-order valence-electron chi connectivity index (χ2n) is 8.07. The summed E-state index contributed by atoms with van der Waals surface area (Å²) in [5.41, 5.74) is 0. The lowest BCUT2D eigenvalue weighted by atomic mass is 9.70. The minimum absolute atomic E-state index is 0.0424. The van der Waals surface area contributed by atoms with E-state index in [1.165, 1.54) is 57.8 Å². The van der Waals surface area contributed by atoms with Gasteiger partial charge in [-0.1, -0.05) is 52.4 Å². The van der Waals surface area contributed by atoms with Crippen molar-refractivity contribution < 1.29 is 9.53 Å². The zero-order valence-electron chi connectivity index (χ0n) is 15.5. The zero-order chi connectivity index (χ0) is 16.5. The highest BCUT2D eigenvalue weighted by atomic mass is 16.5. The van der Waals surface area contributed by atoms with E-state index in [1.54, 1.807) is 0 Å². The normalized spacial score (nSPS) is 31.7. The monoisotopic (exact) mass is 322 g/mol. The van der Waals surface area contributed by atoms with E-state index in [0.717, 1.165) is 43.4 Å². The van der Waals surface area contributed by atoms with Gasteiger partial charge in [0.25, 0.3) is 0 Å². The largest absolute Gasteiger partial charge is 0.462 e. The number of ether oxygens (including phenoxy) is 1. The van der Waals surface area contributed by atoms with Crippen LogP contribution in [0.1, 0.15) is 104 Å². The molecule has 2 unspecified atom stereocenters. The van der Waals surface area contributed by atoms with Crippen molar-refractivity contribution in [3.63, 3.8) is 0 Å². The Labute approximate surface area is 143 Å². The molecule has 2 atom stereocenters. The molecule has 0 aromatic carbocycles. The molecule has 2 nitrogen and oxygen atoms in total. The molecule has 0 aromatic rings. The van der Waals surface area contributed by atoms with E-state index in [2.05, 4.69) is 13.8 Å². The van der Waals surface area contributed by atoms with Crippen molar-refractivity contribution in [2.45, 2.75) is 110 Å². The van der Waals surface area contributed by atoms with E-state index < -0.39 is 0 Å². The number of esters is 1. The number of hydrogen-bond donors (Lipinski definition) is 0. The van der Waals surface area contributed by atoms with Crippen LogP contribution in [0.5, 0.6) is 0 Å². The molecule has 2 fully saturated rings.